The molecule has 0 aliphatic carbocycles. The number of nitrogens with one attached hydrogen (secondary N) is 2. The molecule has 4 N–H and O–H groups in total. The minimum atomic E-state index is -4.09. The lowest BCUT2D eigenvalue weighted by molar-refractivity contribution is -0.138. The SMILES string of the molecule is CO/C(N)=N\S(=O)(=O)c1ccc(NC(=O)[C@@H]2CCCN2C(=O)[C@@H](Cc2ccccc2)NC(=O)OCc2ccccc2)cc1. The van der Waals surface area contributed by atoms with E-state index in [-0.39, 0.29) is 17.9 Å². The van der Waals surface area contributed by atoms with Crippen molar-refractivity contribution in [1.82, 2.24) is 10.2 Å². The van der Waals surface area contributed by atoms with E-state index in [0.717, 1.165) is 11.1 Å². The Kier molecular flexibility index (Phi) is 10.3. The molecule has 1 aliphatic heterocycles. The molecule has 3 aromatic carbocycles. The van der Waals surface area contributed by atoms with Gasteiger partial charge in [-0.1, -0.05) is 60.7 Å². The predicted molar refractivity (Wildman–Crippen MR) is 159 cm³/mol. The highest BCUT2D eigenvalue weighted by Gasteiger charge is 2.38. The molecule has 4 rings (SSSR count). The van der Waals surface area contributed by atoms with Crippen LogP contribution in [0.1, 0.15) is 24.0 Å². The number of hydrogen-bond acceptors (Lipinski definition) is 7. The van der Waals surface area contributed by atoms with Crippen LogP contribution in [0.3, 0.4) is 0 Å². The van der Waals surface area contributed by atoms with Crippen LogP contribution in [0.4, 0.5) is 10.5 Å². The van der Waals surface area contributed by atoms with Gasteiger partial charge in [0.25, 0.3) is 16.0 Å². The lowest BCUT2D eigenvalue weighted by Gasteiger charge is -2.28. The van der Waals surface area contributed by atoms with Gasteiger partial charge < -0.3 is 30.7 Å². The zero-order chi connectivity index (χ0) is 30.8. The third kappa shape index (κ3) is 8.55. The summed E-state index contributed by atoms with van der Waals surface area (Å²) in [7, 11) is -2.89. The molecular formula is C30H33N5O7S. The van der Waals surface area contributed by atoms with E-state index in [1.165, 1.54) is 36.3 Å². The Morgan fingerprint density at radius 3 is 2.23 bits per heavy atom. The zero-order valence-electron chi connectivity index (χ0n) is 23.5. The largest absolute Gasteiger partial charge is 0.468 e. The fourth-order valence-electron chi connectivity index (χ4n) is 4.60. The first-order chi connectivity index (χ1) is 20.7. The summed E-state index contributed by atoms with van der Waals surface area (Å²) in [4.78, 5) is 41.1. The molecule has 43 heavy (non-hydrogen) atoms. The van der Waals surface area contributed by atoms with Gasteiger partial charge in [0.2, 0.25) is 11.8 Å². The maximum atomic E-state index is 13.8. The Bertz CT molecular complexity index is 1550. The number of hydrogen-bond donors (Lipinski definition) is 3. The van der Waals surface area contributed by atoms with E-state index in [4.69, 9.17) is 10.5 Å². The summed E-state index contributed by atoms with van der Waals surface area (Å²) in [6.45, 7) is 0.374. The number of benzene rings is 3. The van der Waals surface area contributed by atoms with Gasteiger partial charge in [-0.3, -0.25) is 9.59 Å². The van der Waals surface area contributed by atoms with Gasteiger partial charge in [-0.25, -0.2) is 4.79 Å². The van der Waals surface area contributed by atoms with Crippen LogP contribution < -0.4 is 16.4 Å². The van der Waals surface area contributed by atoms with E-state index in [2.05, 4.69) is 19.8 Å². The number of carbonyl (C=O) groups excluding carboxylic acids is 3. The molecule has 3 aromatic rings. The lowest BCUT2D eigenvalue weighted by atomic mass is 10.0. The van der Waals surface area contributed by atoms with Gasteiger partial charge >= 0.3 is 6.09 Å². The van der Waals surface area contributed by atoms with Crippen molar-refractivity contribution in [2.45, 2.75) is 42.8 Å². The predicted octanol–water partition coefficient (Wildman–Crippen LogP) is 2.80. The summed E-state index contributed by atoms with van der Waals surface area (Å²) in [6, 6.07) is 21.5. The van der Waals surface area contributed by atoms with Crippen molar-refractivity contribution in [3.05, 3.63) is 96.1 Å². The number of amidine groups is 1. The van der Waals surface area contributed by atoms with Gasteiger partial charge in [0.15, 0.2) is 0 Å². The van der Waals surface area contributed by atoms with Crippen LogP contribution in [-0.4, -0.2) is 63.0 Å². The zero-order valence-corrected chi connectivity index (χ0v) is 24.3. The fourth-order valence-corrected chi connectivity index (χ4v) is 5.50. The molecule has 0 bridgehead atoms. The number of nitrogens with zero attached hydrogens (tertiary/aromatic N) is 2. The molecule has 1 heterocycles. The number of sulfonamides is 1. The quantitative estimate of drug-likeness (QED) is 0.233. The summed E-state index contributed by atoms with van der Waals surface area (Å²) in [5.74, 6) is -0.846. The standard InChI is InChI=1S/C30H33N5O7S/c1-41-29(31)34-43(39,40)24-16-14-23(15-17-24)32-27(36)26-13-8-18-35(26)28(37)25(19-21-9-4-2-5-10-21)33-30(38)42-20-22-11-6-3-7-12-22/h2-7,9-12,14-17,25-26H,8,13,18-20H2,1H3,(H2,31,34)(H,32,36)(H,33,38)/t25-,26+/m1/s1. The molecule has 1 saturated heterocycles. The van der Waals surface area contributed by atoms with E-state index >= 15 is 0 Å². The Balaban J connectivity index is 1.44. The van der Waals surface area contributed by atoms with Crippen molar-refractivity contribution in [2.75, 3.05) is 19.0 Å². The van der Waals surface area contributed by atoms with Crippen LogP contribution in [0.15, 0.2) is 94.2 Å². The molecule has 0 spiro atoms. The van der Waals surface area contributed by atoms with E-state index in [9.17, 15) is 22.8 Å². The van der Waals surface area contributed by atoms with Crippen LogP contribution in [0.2, 0.25) is 0 Å². The van der Waals surface area contributed by atoms with Crippen molar-refractivity contribution in [1.29, 1.82) is 0 Å². The van der Waals surface area contributed by atoms with Gasteiger partial charge in [0.1, 0.15) is 18.7 Å². The summed E-state index contributed by atoms with van der Waals surface area (Å²) < 4.78 is 38.0. The second-order valence-electron chi connectivity index (χ2n) is 9.76. The average Bonchev–Trinajstić information content (AvgIpc) is 3.51. The number of anilines is 1. The fraction of sp³-hybridized carbons (Fsp3) is 0.267. The minimum absolute atomic E-state index is 0.0415. The Morgan fingerprint density at radius 1 is 0.977 bits per heavy atom. The first-order valence-electron chi connectivity index (χ1n) is 13.5. The summed E-state index contributed by atoms with van der Waals surface area (Å²) in [6.07, 6.45) is 0.476. The Hall–Kier alpha value is -4.91. The molecule has 226 valence electrons. The van der Waals surface area contributed by atoms with E-state index in [0.29, 0.717) is 25.1 Å². The summed E-state index contributed by atoms with van der Waals surface area (Å²) in [5.41, 5.74) is 7.32. The number of amides is 3. The van der Waals surface area contributed by atoms with Crippen LogP contribution in [0, 0.1) is 0 Å². The number of likely N-dealkylation sites (tertiary alicyclic amines) is 1. The Morgan fingerprint density at radius 2 is 1.60 bits per heavy atom. The second kappa shape index (κ2) is 14.3. The van der Waals surface area contributed by atoms with Crippen molar-refractivity contribution in [2.24, 2.45) is 10.1 Å². The topological polar surface area (TPSA) is 169 Å². The average molecular weight is 608 g/mol. The van der Waals surface area contributed by atoms with Crippen LogP contribution in [0.25, 0.3) is 0 Å². The van der Waals surface area contributed by atoms with Crippen molar-refractivity contribution >= 4 is 39.6 Å². The van der Waals surface area contributed by atoms with Gasteiger partial charge in [-0.2, -0.15) is 8.42 Å². The maximum Gasteiger partial charge on any atom is 0.408 e. The summed E-state index contributed by atoms with van der Waals surface area (Å²) >= 11 is 0. The highest BCUT2D eigenvalue weighted by Crippen LogP contribution is 2.22. The molecule has 0 unspecified atom stereocenters. The molecule has 3 amide bonds. The number of methoxy groups -OCH3 is 1. The van der Waals surface area contributed by atoms with E-state index in [1.54, 1.807) is 0 Å². The molecule has 0 radical (unpaired) electrons. The number of nitrogens with two attached hydrogens (primary N) is 1. The molecule has 1 aliphatic rings. The van der Waals surface area contributed by atoms with E-state index in [1.807, 2.05) is 60.7 Å². The third-order valence-electron chi connectivity index (χ3n) is 6.76. The molecule has 1 fully saturated rings. The van der Waals surface area contributed by atoms with Gasteiger partial charge in [-0.05, 0) is 48.2 Å². The van der Waals surface area contributed by atoms with Gasteiger partial charge in [0, 0.05) is 18.7 Å². The van der Waals surface area contributed by atoms with Crippen LogP contribution >= 0.6 is 0 Å². The van der Waals surface area contributed by atoms with Gasteiger partial charge in [0.05, 0.1) is 12.0 Å². The first-order valence-corrected chi connectivity index (χ1v) is 15.0. The number of rotatable bonds is 10. The minimum Gasteiger partial charge on any atom is -0.468 e. The number of alkyl carbamates (subject to hydrolysis) is 1. The van der Waals surface area contributed by atoms with Crippen LogP contribution in [-0.2, 0) is 42.1 Å². The highest BCUT2D eigenvalue weighted by atomic mass is 32.2. The molecule has 0 saturated carbocycles. The van der Waals surface area contributed by atoms with Crippen molar-refractivity contribution in [3.63, 3.8) is 0 Å². The van der Waals surface area contributed by atoms with Crippen LogP contribution in [0.5, 0.6) is 0 Å². The normalized spacial score (nSPS) is 15.8. The monoisotopic (exact) mass is 607 g/mol. The second-order valence-corrected chi connectivity index (χ2v) is 11.4. The summed E-state index contributed by atoms with van der Waals surface area (Å²) in [5, 5.41) is 5.43. The molecule has 0 aromatic heterocycles. The molecule has 13 heteroatoms. The van der Waals surface area contributed by atoms with Crippen molar-refractivity contribution < 1.29 is 32.3 Å². The smallest absolute Gasteiger partial charge is 0.408 e. The maximum absolute atomic E-state index is 13.8. The molecule has 12 nitrogen and oxygen atoms in total. The van der Waals surface area contributed by atoms with Gasteiger partial charge in [-0.15, -0.1) is 4.40 Å². The molecular weight excluding hydrogens is 574 g/mol. The van der Waals surface area contributed by atoms with Crippen molar-refractivity contribution in [3.8, 4) is 0 Å². The third-order valence-corrected chi connectivity index (χ3v) is 8.05. The first kappa shape index (κ1) is 31.0. The lowest BCUT2D eigenvalue weighted by Crippen LogP contribution is -2.53. The number of ether oxygens (including phenoxy) is 2. The molecule has 2 atom stereocenters. The highest BCUT2D eigenvalue weighted by molar-refractivity contribution is 7.90. The van der Waals surface area contributed by atoms with E-state index < -0.39 is 46.0 Å². The Labute approximate surface area is 249 Å². The number of carbonyl (C=O) groups is 3.